The molecular formula is C12H15NO3S. The monoisotopic (exact) mass is 253 g/mol. The van der Waals surface area contributed by atoms with Gasteiger partial charge >= 0.3 is 0 Å². The van der Waals surface area contributed by atoms with E-state index < -0.39 is 0 Å². The minimum absolute atomic E-state index is 0.128. The molecule has 0 spiro atoms. The summed E-state index contributed by atoms with van der Waals surface area (Å²) in [5.41, 5.74) is 0. The minimum Gasteiger partial charge on any atom is -0.299 e. The molecule has 1 aromatic heterocycles. The smallest absolute Gasteiger partial charge is 0.212 e. The van der Waals surface area contributed by atoms with Gasteiger partial charge in [0.15, 0.2) is 0 Å². The normalized spacial score (nSPS) is 22.4. The van der Waals surface area contributed by atoms with Gasteiger partial charge in [0.05, 0.1) is 5.92 Å². The summed E-state index contributed by atoms with van der Waals surface area (Å²) >= 11 is 1.51. The molecule has 1 saturated carbocycles. The second kappa shape index (κ2) is 5.40. The quantitative estimate of drug-likeness (QED) is 0.612. The largest absolute Gasteiger partial charge is 0.299 e. The van der Waals surface area contributed by atoms with E-state index in [0.717, 1.165) is 24.1 Å². The van der Waals surface area contributed by atoms with Gasteiger partial charge in [0.2, 0.25) is 6.54 Å². The van der Waals surface area contributed by atoms with Crippen LogP contribution in [0, 0.1) is 16.0 Å². The zero-order valence-electron chi connectivity index (χ0n) is 9.50. The van der Waals surface area contributed by atoms with E-state index >= 15 is 0 Å². The Morgan fingerprint density at radius 3 is 2.94 bits per heavy atom. The van der Waals surface area contributed by atoms with E-state index in [1.165, 1.54) is 11.3 Å². The van der Waals surface area contributed by atoms with Gasteiger partial charge in [-0.25, -0.2) is 0 Å². The Labute approximate surface area is 104 Å². The molecule has 1 heterocycles. The average Bonchev–Trinajstić information content (AvgIpc) is 2.80. The molecule has 0 aliphatic heterocycles. The van der Waals surface area contributed by atoms with Crippen LogP contribution in [-0.4, -0.2) is 17.3 Å². The maximum absolute atomic E-state index is 11.9. The molecule has 0 amide bonds. The Hall–Kier alpha value is -1.23. The van der Waals surface area contributed by atoms with Gasteiger partial charge in [-0.1, -0.05) is 12.5 Å². The number of carbonyl (C=O) groups excluding carboxylic acids is 1. The van der Waals surface area contributed by atoms with Crippen LogP contribution in [0.2, 0.25) is 0 Å². The molecule has 17 heavy (non-hydrogen) atoms. The first-order valence-electron chi connectivity index (χ1n) is 5.86. The summed E-state index contributed by atoms with van der Waals surface area (Å²) in [7, 11) is 0. The van der Waals surface area contributed by atoms with Crippen molar-refractivity contribution >= 4 is 17.1 Å². The predicted molar refractivity (Wildman–Crippen MR) is 65.9 cm³/mol. The Morgan fingerprint density at radius 2 is 2.35 bits per heavy atom. The van der Waals surface area contributed by atoms with Crippen LogP contribution in [0.4, 0.5) is 0 Å². The van der Waals surface area contributed by atoms with Crippen LogP contribution in [0.1, 0.15) is 36.5 Å². The van der Waals surface area contributed by atoms with Gasteiger partial charge in [0, 0.05) is 22.1 Å². The molecule has 4 nitrogen and oxygen atoms in total. The van der Waals surface area contributed by atoms with Gasteiger partial charge in [0.1, 0.15) is 5.78 Å². The number of carbonyl (C=O) groups is 1. The highest BCUT2D eigenvalue weighted by molar-refractivity contribution is 7.10. The molecule has 5 heteroatoms. The SMILES string of the molecule is O=C1CCCC[C@H]1[C@H](C[N+](=O)[O-])c1cccs1. The molecule has 0 aromatic carbocycles. The lowest BCUT2D eigenvalue weighted by molar-refractivity contribution is -0.484. The van der Waals surface area contributed by atoms with Crippen LogP contribution in [0.15, 0.2) is 17.5 Å². The summed E-state index contributed by atoms with van der Waals surface area (Å²) in [5.74, 6) is -0.165. The van der Waals surface area contributed by atoms with Crippen molar-refractivity contribution in [1.29, 1.82) is 0 Å². The predicted octanol–water partition coefficient (Wildman–Crippen LogP) is 2.87. The topological polar surface area (TPSA) is 60.2 Å². The molecule has 0 N–H and O–H groups in total. The first-order chi connectivity index (χ1) is 8.18. The van der Waals surface area contributed by atoms with Gasteiger partial charge in [-0.2, -0.15) is 0 Å². The number of ketones is 1. The van der Waals surface area contributed by atoms with Crippen LogP contribution in [0.5, 0.6) is 0 Å². The number of rotatable bonds is 4. The Bertz CT molecular complexity index is 402. The van der Waals surface area contributed by atoms with E-state index in [9.17, 15) is 14.9 Å². The van der Waals surface area contributed by atoms with E-state index in [1.54, 1.807) is 0 Å². The number of nitrogens with zero attached hydrogens (tertiary/aromatic N) is 1. The number of hydrogen-bond donors (Lipinski definition) is 0. The van der Waals surface area contributed by atoms with E-state index in [-0.39, 0.29) is 29.1 Å². The van der Waals surface area contributed by atoms with Crippen LogP contribution >= 0.6 is 11.3 Å². The lowest BCUT2D eigenvalue weighted by Gasteiger charge is -2.25. The number of nitro groups is 1. The first kappa shape index (κ1) is 12.2. The third-order valence-electron chi connectivity index (χ3n) is 3.34. The maximum Gasteiger partial charge on any atom is 0.212 e. The molecule has 2 atom stereocenters. The molecule has 92 valence electrons. The summed E-state index contributed by atoms with van der Waals surface area (Å²) in [6, 6.07) is 3.79. The fourth-order valence-corrected chi connectivity index (χ4v) is 3.40. The van der Waals surface area contributed by atoms with Crippen LogP contribution in [-0.2, 0) is 4.79 Å². The molecule has 1 aromatic rings. The average molecular weight is 253 g/mol. The maximum atomic E-state index is 11.9. The minimum atomic E-state index is -0.299. The highest BCUT2D eigenvalue weighted by atomic mass is 32.1. The molecule has 0 bridgehead atoms. The van der Waals surface area contributed by atoms with Gasteiger partial charge in [-0.3, -0.25) is 14.9 Å². The van der Waals surface area contributed by atoms with Crippen molar-refractivity contribution in [2.45, 2.75) is 31.6 Å². The van der Waals surface area contributed by atoms with Crippen molar-refractivity contribution in [3.8, 4) is 0 Å². The zero-order chi connectivity index (χ0) is 12.3. The second-order valence-electron chi connectivity index (χ2n) is 4.46. The molecule has 0 saturated heterocycles. The lowest BCUT2D eigenvalue weighted by Crippen LogP contribution is -2.29. The van der Waals surface area contributed by atoms with Crippen molar-refractivity contribution in [3.05, 3.63) is 32.5 Å². The van der Waals surface area contributed by atoms with Gasteiger partial charge < -0.3 is 0 Å². The van der Waals surface area contributed by atoms with Crippen molar-refractivity contribution in [3.63, 3.8) is 0 Å². The van der Waals surface area contributed by atoms with E-state index in [0.29, 0.717) is 6.42 Å². The summed E-state index contributed by atoms with van der Waals surface area (Å²) in [5, 5.41) is 12.7. The molecule has 0 radical (unpaired) electrons. The fourth-order valence-electron chi connectivity index (χ4n) is 2.51. The zero-order valence-corrected chi connectivity index (χ0v) is 10.3. The molecular weight excluding hydrogens is 238 g/mol. The summed E-state index contributed by atoms with van der Waals surface area (Å²) in [6.45, 7) is -0.128. The summed E-state index contributed by atoms with van der Waals surface area (Å²) in [4.78, 5) is 23.3. The third kappa shape index (κ3) is 2.91. The van der Waals surface area contributed by atoms with Crippen LogP contribution in [0.3, 0.4) is 0 Å². The van der Waals surface area contributed by atoms with Gasteiger partial charge in [-0.15, -0.1) is 11.3 Å². The molecule has 1 fully saturated rings. The number of Topliss-reactive ketones (excluding diaryl/α,β-unsaturated/α-hetero) is 1. The number of thiophene rings is 1. The highest BCUT2D eigenvalue weighted by Crippen LogP contribution is 2.36. The van der Waals surface area contributed by atoms with Crippen LogP contribution in [0.25, 0.3) is 0 Å². The number of hydrogen-bond acceptors (Lipinski definition) is 4. The standard InChI is InChI=1S/C12H15NO3S/c14-11-5-2-1-4-9(11)10(8-13(15)16)12-6-3-7-17-12/h3,6-7,9-10H,1-2,4-5,8H2/t9-,10-/m0/s1. The molecule has 0 unspecified atom stereocenters. The van der Waals surface area contributed by atoms with Gasteiger partial charge in [0.25, 0.3) is 0 Å². The Kier molecular flexibility index (Phi) is 3.89. The van der Waals surface area contributed by atoms with Crippen molar-refractivity contribution < 1.29 is 9.72 Å². The molecule has 1 aliphatic rings. The van der Waals surface area contributed by atoms with Crippen molar-refractivity contribution in [1.82, 2.24) is 0 Å². The lowest BCUT2D eigenvalue weighted by atomic mass is 9.78. The van der Waals surface area contributed by atoms with Crippen LogP contribution < -0.4 is 0 Å². The van der Waals surface area contributed by atoms with E-state index in [4.69, 9.17) is 0 Å². The Morgan fingerprint density at radius 1 is 1.53 bits per heavy atom. The first-order valence-corrected chi connectivity index (χ1v) is 6.74. The molecule has 2 rings (SSSR count). The van der Waals surface area contributed by atoms with Gasteiger partial charge in [-0.05, 0) is 24.3 Å². The van der Waals surface area contributed by atoms with Crippen molar-refractivity contribution in [2.24, 2.45) is 5.92 Å². The fraction of sp³-hybridized carbons (Fsp3) is 0.583. The second-order valence-corrected chi connectivity index (χ2v) is 5.44. The summed E-state index contributed by atoms with van der Waals surface area (Å²) in [6.07, 6.45) is 3.33. The van der Waals surface area contributed by atoms with E-state index in [1.807, 2.05) is 17.5 Å². The Balaban J connectivity index is 2.20. The summed E-state index contributed by atoms with van der Waals surface area (Å²) < 4.78 is 0. The highest BCUT2D eigenvalue weighted by Gasteiger charge is 2.34. The molecule has 1 aliphatic carbocycles. The van der Waals surface area contributed by atoms with Crippen molar-refractivity contribution in [2.75, 3.05) is 6.54 Å². The van der Waals surface area contributed by atoms with E-state index in [2.05, 4.69) is 0 Å². The third-order valence-corrected chi connectivity index (χ3v) is 4.35.